The summed E-state index contributed by atoms with van der Waals surface area (Å²) < 4.78 is 6.62. The number of rotatable bonds is 6. The number of ether oxygens (including phenoxy) is 1. The van der Waals surface area contributed by atoms with Crippen LogP contribution in [0.25, 0.3) is 5.69 Å². The van der Waals surface area contributed by atoms with Gasteiger partial charge in [-0.25, -0.2) is 4.79 Å². The van der Waals surface area contributed by atoms with Crippen LogP contribution >= 0.6 is 0 Å². The number of carbonyl (C=O) groups excluding carboxylic acids is 1. The fourth-order valence-electron chi connectivity index (χ4n) is 2.19. The highest BCUT2D eigenvalue weighted by Gasteiger charge is 2.17. The molecule has 0 aliphatic carbocycles. The van der Waals surface area contributed by atoms with Crippen molar-refractivity contribution in [2.24, 2.45) is 0 Å². The zero-order valence-corrected chi connectivity index (χ0v) is 12.0. The summed E-state index contributed by atoms with van der Waals surface area (Å²) in [7, 11) is 1.62. The third kappa shape index (κ3) is 3.20. The lowest BCUT2D eigenvalue weighted by Crippen LogP contribution is -2.08. The second-order valence-electron chi connectivity index (χ2n) is 4.72. The second kappa shape index (κ2) is 6.37. The molecule has 0 radical (unpaired) electrons. The van der Waals surface area contributed by atoms with Crippen LogP contribution in [-0.4, -0.2) is 35.1 Å². The number of aromatic carboxylic acids is 1. The van der Waals surface area contributed by atoms with E-state index in [1.165, 1.54) is 13.0 Å². The lowest BCUT2D eigenvalue weighted by atomic mass is 10.1. The third-order valence-corrected chi connectivity index (χ3v) is 3.27. The molecule has 1 aromatic carbocycles. The summed E-state index contributed by atoms with van der Waals surface area (Å²) in [6, 6.07) is 8.89. The van der Waals surface area contributed by atoms with Crippen LogP contribution in [0.3, 0.4) is 0 Å². The molecule has 5 heteroatoms. The number of ketones is 1. The predicted molar refractivity (Wildman–Crippen MR) is 78.3 cm³/mol. The number of hydrogen-bond donors (Lipinski definition) is 1. The number of aromatic nitrogens is 1. The molecule has 0 saturated heterocycles. The van der Waals surface area contributed by atoms with Gasteiger partial charge in [0.2, 0.25) is 0 Å². The van der Waals surface area contributed by atoms with Crippen molar-refractivity contribution in [3.8, 4) is 5.69 Å². The smallest absolute Gasteiger partial charge is 0.352 e. The Morgan fingerprint density at radius 2 is 2.00 bits per heavy atom. The van der Waals surface area contributed by atoms with Gasteiger partial charge in [-0.1, -0.05) is 18.2 Å². The minimum Gasteiger partial charge on any atom is -0.477 e. The molecule has 1 N–H and O–H groups in total. The van der Waals surface area contributed by atoms with E-state index in [0.29, 0.717) is 18.6 Å². The summed E-state index contributed by atoms with van der Waals surface area (Å²) in [6.45, 7) is 1.96. The zero-order chi connectivity index (χ0) is 15.4. The predicted octanol–water partition coefficient (Wildman–Crippen LogP) is 2.57. The van der Waals surface area contributed by atoms with Crippen molar-refractivity contribution in [1.82, 2.24) is 4.57 Å². The summed E-state index contributed by atoms with van der Waals surface area (Å²) >= 11 is 0. The van der Waals surface area contributed by atoms with Gasteiger partial charge in [-0.3, -0.25) is 4.79 Å². The van der Waals surface area contributed by atoms with Crippen LogP contribution in [-0.2, 0) is 11.2 Å². The summed E-state index contributed by atoms with van der Waals surface area (Å²) in [5, 5.41) is 9.33. The highest BCUT2D eigenvalue weighted by molar-refractivity contribution is 5.97. The monoisotopic (exact) mass is 287 g/mol. The van der Waals surface area contributed by atoms with Gasteiger partial charge in [-0.2, -0.15) is 0 Å². The SMILES string of the molecule is COCCc1ccccc1-n1cc(C(C)=O)cc1C(=O)O. The first-order valence-electron chi connectivity index (χ1n) is 6.58. The van der Waals surface area contributed by atoms with Crippen LogP contribution in [0.1, 0.15) is 33.3 Å². The fraction of sp³-hybridized carbons (Fsp3) is 0.250. The standard InChI is InChI=1S/C16H17NO4/c1-11(18)13-9-15(16(19)20)17(10-13)14-6-4-3-5-12(14)7-8-21-2/h3-6,9-10H,7-8H2,1-2H3,(H,19,20). The number of para-hydroxylation sites is 1. The first kappa shape index (κ1) is 15.0. The maximum absolute atomic E-state index is 11.5. The molecule has 0 aliphatic heterocycles. The van der Waals surface area contributed by atoms with Crippen molar-refractivity contribution in [1.29, 1.82) is 0 Å². The number of carboxylic acids is 1. The van der Waals surface area contributed by atoms with Crippen LogP contribution < -0.4 is 0 Å². The maximum atomic E-state index is 11.5. The van der Waals surface area contributed by atoms with Gasteiger partial charge in [0, 0.05) is 24.6 Å². The molecule has 110 valence electrons. The Balaban J connectivity index is 2.55. The largest absolute Gasteiger partial charge is 0.477 e. The maximum Gasteiger partial charge on any atom is 0.352 e. The molecule has 0 amide bonds. The number of methoxy groups -OCH3 is 1. The van der Waals surface area contributed by atoms with Crippen LogP contribution in [0.4, 0.5) is 0 Å². The van der Waals surface area contributed by atoms with Gasteiger partial charge in [-0.15, -0.1) is 0 Å². The van der Waals surface area contributed by atoms with Crippen LogP contribution in [0, 0.1) is 0 Å². The van der Waals surface area contributed by atoms with Crippen molar-refractivity contribution < 1.29 is 19.4 Å². The molecule has 0 unspecified atom stereocenters. The average Bonchev–Trinajstić information content (AvgIpc) is 2.91. The first-order valence-corrected chi connectivity index (χ1v) is 6.58. The Bertz CT molecular complexity index is 673. The van der Waals surface area contributed by atoms with Gasteiger partial charge < -0.3 is 14.4 Å². The van der Waals surface area contributed by atoms with Crippen molar-refractivity contribution >= 4 is 11.8 Å². The van der Waals surface area contributed by atoms with E-state index in [9.17, 15) is 14.7 Å². The Kier molecular flexibility index (Phi) is 4.55. The van der Waals surface area contributed by atoms with Crippen LogP contribution in [0.5, 0.6) is 0 Å². The number of carbonyl (C=O) groups is 2. The highest BCUT2D eigenvalue weighted by atomic mass is 16.5. The molecule has 5 nitrogen and oxygen atoms in total. The number of Topliss-reactive ketones (excluding diaryl/α,β-unsaturated/α-hetero) is 1. The fourth-order valence-corrected chi connectivity index (χ4v) is 2.19. The van der Waals surface area contributed by atoms with Crippen molar-refractivity contribution in [2.45, 2.75) is 13.3 Å². The van der Waals surface area contributed by atoms with Gasteiger partial charge in [0.1, 0.15) is 5.69 Å². The number of benzene rings is 1. The minimum atomic E-state index is -1.07. The molecule has 0 spiro atoms. The first-order chi connectivity index (χ1) is 10.0. The van der Waals surface area contributed by atoms with E-state index in [4.69, 9.17) is 4.74 Å². The molecular formula is C16H17NO4. The van der Waals surface area contributed by atoms with E-state index in [1.54, 1.807) is 17.9 Å². The minimum absolute atomic E-state index is 0.0741. The summed E-state index contributed by atoms with van der Waals surface area (Å²) in [5.74, 6) is -1.23. The molecule has 0 aliphatic rings. The van der Waals surface area contributed by atoms with Gasteiger partial charge in [0.05, 0.1) is 6.61 Å². The number of carboxylic acid groups (broad SMARTS) is 1. The van der Waals surface area contributed by atoms with E-state index in [0.717, 1.165) is 11.3 Å². The lowest BCUT2D eigenvalue weighted by molar-refractivity contribution is 0.0688. The topological polar surface area (TPSA) is 68.5 Å². The van der Waals surface area contributed by atoms with E-state index in [2.05, 4.69) is 0 Å². The summed E-state index contributed by atoms with van der Waals surface area (Å²) in [5.41, 5.74) is 2.17. The third-order valence-electron chi connectivity index (χ3n) is 3.27. The molecule has 2 rings (SSSR count). The Labute approximate surface area is 122 Å². The van der Waals surface area contributed by atoms with Crippen molar-refractivity contribution in [3.63, 3.8) is 0 Å². The van der Waals surface area contributed by atoms with Crippen molar-refractivity contribution in [3.05, 3.63) is 53.3 Å². The zero-order valence-electron chi connectivity index (χ0n) is 12.0. The van der Waals surface area contributed by atoms with Crippen LogP contribution in [0.15, 0.2) is 36.5 Å². The molecule has 0 atom stereocenters. The Hall–Kier alpha value is -2.40. The summed E-state index contributed by atoms with van der Waals surface area (Å²) in [4.78, 5) is 22.9. The molecule has 0 bridgehead atoms. The van der Waals surface area contributed by atoms with Crippen molar-refractivity contribution in [2.75, 3.05) is 13.7 Å². The lowest BCUT2D eigenvalue weighted by Gasteiger charge is -2.12. The molecular weight excluding hydrogens is 270 g/mol. The van der Waals surface area contributed by atoms with E-state index in [1.807, 2.05) is 24.3 Å². The van der Waals surface area contributed by atoms with E-state index < -0.39 is 5.97 Å². The molecule has 1 heterocycles. The molecule has 21 heavy (non-hydrogen) atoms. The Morgan fingerprint density at radius 1 is 1.29 bits per heavy atom. The quantitative estimate of drug-likeness (QED) is 0.829. The van der Waals surface area contributed by atoms with Gasteiger partial charge in [-0.05, 0) is 31.0 Å². The number of hydrogen-bond acceptors (Lipinski definition) is 3. The van der Waals surface area contributed by atoms with Crippen LogP contribution in [0.2, 0.25) is 0 Å². The molecule has 0 fully saturated rings. The molecule has 1 aromatic heterocycles. The molecule has 0 saturated carbocycles. The van der Waals surface area contributed by atoms with Gasteiger partial charge >= 0.3 is 5.97 Å². The highest BCUT2D eigenvalue weighted by Crippen LogP contribution is 2.21. The number of nitrogens with zero attached hydrogens (tertiary/aromatic N) is 1. The van der Waals surface area contributed by atoms with E-state index in [-0.39, 0.29) is 11.5 Å². The normalized spacial score (nSPS) is 10.6. The van der Waals surface area contributed by atoms with Gasteiger partial charge in [0.25, 0.3) is 0 Å². The Morgan fingerprint density at radius 3 is 2.62 bits per heavy atom. The van der Waals surface area contributed by atoms with E-state index >= 15 is 0 Å². The summed E-state index contributed by atoms with van der Waals surface area (Å²) in [6.07, 6.45) is 2.23. The van der Waals surface area contributed by atoms with Gasteiger partial charge in [0.15, 0.2) is 5.78 Å². The average molecular weight is 287 g/mol. The second-order valence-corrected chi connectivity index (χ2v) is 4.72. The molecule has 2 aromatic rings.